The lowest BCUT2D eigenvalue weighted by Gasteiger charge is -2.00. The Hall–Kier alpha value is -1.19. The molecule has 1 heterocycles. The highest BCUT2D eigenvalue weighted by atomic mass is 35.5. The molecule has 2 rings (SSSR count). The van der Waals surface area contributed by atoms with Gasteiger partial charge in [0, 0.05) is 6.92 Å². The number of aromatic nitrogens is 1. The van der Waals surface area contributed by atoms with Crippen LogP contribution >= 0.6 is 22.9 Å². The van der Waals surface area contributed by atoms with Crippen molar-refractivity contribution < 1.29 is 4.79 Å². The van der Waals surface area contributed by atoms with E-state index in [0.29, 0.717) is 10.2 Å². The molecular formula is C12H10ClNOS. The topological polar surface area (TPSA) is 30.0 Å². The first-order valence-electron chi connectivity index (χ1n) is 4.82. The number of halogens is 1. The standard InChI is InChI=1S/C12H10ClNOS/c1-7-4-3-5-9(6-7)11-10(8(2)15)14-12(13)16-11/h3-6H,1-2H3. The molecule has 0 atom stereocenters. The maximum absolute atomic E-state index is 11.4. The molecule has 0 aliphatic rings. The number of benzene rings is 1. The third-order valence-electron chi connectivity index (χ3n) is 2.21. The van der Waals surface area contributed by atoms with Gasteiger partial charge in [-0.05, 0) is 12.5 Å². The average Bonchev–Trinajstić information content (AvgIpc) is 2.60. The van der Waals surface area contributed by atoms with Crippen LogP contribution in [0, 0.1) is 6.92 Å². The molecule has 0 aliphatic carbocycles. The normalized spacial score (nSPS) is 10.4. The first-order valence-corrected chi connectivity index (χ1v) is 6.01. The number of aryl methyl sites for hydroxylation is 1. The van der Waals surface area contributed by atoms with Gasteiger partial charge in [0.05, 0.1) is 4.88 Å². The van der Waals surface area contributed by atoms with E-state index in [2.05, 4.69) is 4.98 Å². The van der Waals surface area contributed by atoms with Crippen LogP contribution in [0.15, 0.2) is 24.3 Å². The van der Waals surface area contributed by atoms with Gasteiger partial charge in [0.2, 0.25) is 0 Å². The van der Waals surface area contributed by atoms with Gasteiger partial charge in [-0.3, -0.25) is 4.79 Å². The number of rotatable bonds is 2. The van der Waals surface area contributed by atoms with Gasteiger partial charge in [0.15, 0.2) is 10.3 Å². The zero-order chi connectivity index (χ0) is 11.7. The van der Waals surface area contributed by atoms with Crippen LogP contribution in [-0.2, 0) is 0 Å². The Morgan fingerprint density at radius 2 is 2.19 bits per heavy atom. The molecule has 16 heavy (non-hydrogen) atoms. The summed E-state index contributed by atoms with van der Waals surface area (Å²) in [5.41, 5.74) is 2.60. The van der Waals surface area contributed by atoms with Crippen molar-refractivity contribution in [3.63, 3.8) is 0 Å². The molecule has 0 bridgehead atoms. The summed E-state index contributed by atoms with van der Waals surface area (Å²) in [6.45, 7) is 3.52. The largest absolute Gasteiger partial charge is 0.293 e. The van der Waals surface area contributed by atoms with Gasteiger partial charge in [-0.25, -0.2) is 4.98 Å². The number of Topliss-reactive ketones (excluding diaryl/α,β-unsaturated/α-hetero) is 1. The third-order valence-corrected chi connectivity index (χ3v) is 3.42. The van der Waals surface area contributed by atoms with Gasteiger partial charge < -0.3 is 0 Å². The number of hydrogen-bond donors (Lipinski definition) is 0. The molecule has 82 valence electrons. The van der Waals surface area contributed by atoms with Crippen LogP contribution < -0.4 is 0 Å². The summed E-state index contributed by atoms with van der Waals surface area (Å²) in [7, 11) is 0. The second kappa shape index (κ2) is 4.36. The van der Waals surface area contributed by atoms with Crippen LogP contribution in [0.4, 0.5) is 0 Å². The molecule has 0 aliphatic heterocycles. The molecule has 1 aromatic carbocycles. The van der Waals surface area contributed by atoms with Crippen molar-refractivity contribution in [3.8, 4) is 10.4 Å². The summed E-state index contributed by atoms with van der Waals surface area (Å²) < 4.78 is 0.404. The fourth-order valence-corrected chi connectivity index (χ4v) is 2.67. The monoisotopic (exact) mass is 251 g/mol. The van der Waals surface area contributed by atoms with Gasteiger partial charge >= 0.3 is 0 Å². The lowest BCUT2D eigenvalue weighted by Crippen LogP contribution is -1.94. The molecule has 0 saturated carbocycles. The fraction of sp³-hybridized carbons (Fsp3) is 0.167. The highest BCUT2D eigenvalue weighted by molar-refractivity contribution is 7.19. The minimum Gasteiger partial charge on any atom is -0.293 e. The van der Waals surface area contributed by atoms with E-state index in [0.717, 1.165) is 16.0 Å². The zero-order valence-electron chi connectivity index (χ0n) is 8.95. The van der Waals surface area contributed by atoms with Crippen molar-refractivity contribution in [1.82, 2.24) is 4.98 Å². The predicted molar refractivity (Wildman–Crippen MR) is 67.3 cm³/mol. The number of nitrogens with zero attached hydrogens (tertiary/aromatic N) is 1. The summed E-state index contributed by atoms with van der Waals surface area (Å²) in [5, 5.41) is 0. The Bertz CT molecular complexity index is 548. The Morgan fingerprint density at radius 3 is 2.81 bits per heavy atom. The summed E-state index contributed by atoms with van der Waals surface area (Å²) >= 11 is 7.19. The fourth-order valence-electron chi connectivity index (χ4n) is 1.51. The second-order valence-corrected chi connectivity index (χ2v) is 5.15. The lowest BCUT2D eigenvalue weighted by atomic mass is 10.1. The highest BCUT2D eigenvalue weighted by Gasteiger charge is 2.15. The number of carbonyl (C=O) groups is 1. The van der Waals surface area contributed by atoms with E-state index in [1.807, 2.05) is 31.2 Å². The van der Waals surface area contributed by atoms with E-state index < -0.39 is 0 Å². The van der Waals surface area contributed by atoms with Crippen LogP contribution in [0.25, 0.3) is 10.4 Å². The molecule has 1 aromatic heterocycles. The quantitative estimate of drug-likeness (QED) is 0.756. The number of thiazole rings is 1. The van der Waals surface area contributed by atoms with E-state index in [1.165, 1.54) is 18.3 Å². The lowest BCUT2D eigenvalue weighted by molar-refractivity contribution is 0.101. The Labute approximate surface area is 103 Å². The number of carbonyl (C=O) groups excluding carboxylic acids is 1. The number of hydrogen-bond acceptors (Lipinski definition) is 3. The third kappa shape index (κ3) is 2.15. The van der Waals surface area contributed by atoms with Gasteiger partial charge in [0.25, 0.3) is 0 Å². The van der Waals surface area contributed by atoms with Crippen LogP contribution in [0.1, 0.15) is 23.0 Å². The van der Waals surface area contributed by atoms with Crippen molar-refractivity contribution >= 4 is 28.7 Å². The maximum atomic E-state index is 11.4. The first-order chi connectivity index (χ1) is 7.58. The Balaban J connectivity index is 2.59. The van der Waals surface area contributed by atoms with Crippen molar-refractivity contribution in [3.05, 3.63) is 40.0 Å². The van der Waals surface area contributed by atoms with Gasteiger partial charge in [0.1, 0.15) is 5.69 Å². The minimum atomic E-state index is -0.0559. The minimum absolute atomic E-state index is 0.0559. The van der Waals surface area contributed by atoms with Gasteiger partial charge in [-0.1, -0.05) is 41.4 Å². The van der Waals surface area contributed by atoms with Crippen molar-refractivity contribution in [2.45, 2.75) is 13.8 Å². The molecule has 2 aromatic rings. The predicted octanol–water partition coefficient (Wildman–Crippen LogP) is 3.97. The zero-order valence-corrected chi connectivity index (χ0v) is 10.5. The van der Waals surface area contributed by atoms with Crippen molar-refractivity contribution in [2.24, 2.45) is 0 Å². The average molecular weight is 252 g/mol. The van der Waals surface area contributed by atoms with Crippen LogP contribution in [0.3, 0.4) is 0 Å². The van der Waals surface area contributed by atoms with Crippen LogP contribution in [0.2, 0.25) is 4.47 Å². The van der Waals surface area contributed by atoms with E-state index in [1.54, 1.807) is 0 Å². The van der Waals surface area contributed by atoms with E-state index in [-0.39, 0.29) is 5.78 Å². The Morgan fingerprint density at radius 1 is 1.44 bits per heavy atom. The van der Waals surface area contributed by atoms with E-state index in [9.17, 15) is 4.79 Å². The molecule has 0 amide bonds. The smallest absolute Gasteiger partial charge is 0.184 e. The van der Waals surface area contributed by atoms with E-state index >= 15 is 0 Å². The SMILES string of the molecule is CC(=O)c1nc(Cl)sc1-c1cccc(C)c1. The van der Waals surface area contributed by atoms with Crippen molar-refractivity contribution in [1.29, 1.82) is 0 Å². The molecule has 0 radical (unpaired) electrons. The maximum Gasteiger partial charge on any atom is 0.184 e. The van der Waals surface area contributed by atoms with Gasteiger partial charge in [-0.2, -0.15) is 0 Å². The highest BCUT2D eigenvalue weighted by Crippen LogP contribution is 2.33. The first kappa shape index (κ1) is 11.3. The summed E-state index contributed by atoms with van der Waals surface area (Å²) in [6.07, 6.45) is 0. The molecule has 2 nitrogen and oxygen atoms in total. The molecular weight excluding hydrogens is 242 g/mol. The van der Waals surface area contributed by atoms with Gasteiger partial charge in [-0.15, -0.1) is 11.3 Å². The van der Waals surface area contributed by atoms with Crippen molar-refractivity contribution in [2.75, 3.05) is 0 Å². The van der Waals surface area contributed by atoms with Crippen LogP contribution in [-0.4, -0.2) is 10.8 Å². The summed E-state index contributed by atoms with van der Waals surface area (Å²) in [4.78, 5) is 16.3. The van der Waals surface area contributed by atoms with Crippen LogP contribution in [0.5, 0.6) is 0 Å². The molecule has 0 saturated heterocycles. The molecule has 0 fully saturated rings. The second-order valence-electron chi connectivity index (χ2n) is 3.57. The Kier molecular flexibility index (Phi) is 3.08. The molecule has 0 N–H and O–H groups in total. The number of ketones is 1. The molecule has 0 spiro atoms. The molecule has 4 heteroatoms. The van der Waals surface area contributed by atoms with E-state index in [4.69, 9.17) is 11.6 Å². The molecule has 0 unspecified atom stereocenters. The summed E-state index contributed by atoms with van der Waals surface area (Å²) in [5.74, 6) is -0.0559. The summed E-state index contributed by atoms with van der Waals surface area (Å²) in [6, 6.07) is 7.96.